The van der Waals surface area contributed by atoms with Crippen LogP contribution in [0.5, 0.6) is 0 Å². The summed E-state index contributed by atoms with van der Waals surface area (Å²) in [4.78, 5) is 20.2. The van der Waals surface area contributed by atoms with Gasteiger partial charge in [-0.3, -0.25) is 4.79 Å². The van der Waals surface area contributed by atoms with E-state index in [-0.39, 0.29) is 30.6 Å². The Morgan fingerprint density at radius 3 is 2.45 bits per heavy atom. The van der Waals surface area contributed by atoms with E-state index < -0.39 is 11.7 Å². The zero-order valence-corrected chi connectivity index (χ0v) is 17.1. The Morgan fingerprint density at radius 1 is 1.03 bits per heavy atom. The average molecular weight is 420 g/mol. The summed E-state index contributed by atoms with van der Waals surface area (Å²) in [5.74, 6) is -1.39. The van der Waals surface area contributed by atoms with Gasteiger partial charge in [-0.1, -0.05) is 59.3 Å². The number of carbonyl (C=O) groups is 1. The maximum atomic E-state index is 14.3. The number of rotatable bonds is 6. The second kappa shape index (κ2) is 9.08. The van der Waals surface area contributed by atoms with Crippen molar-refractivity contribution >= 4 is 11.6 Å². The number of benzene rings is 3. The van der Waals surface area contributed by atoms with Crippen LogP contribution in [-0.2, 0) is 11.4 Å². The summed E-state index contributed by atoms with van der Waals surface area (Å²) in [6.07, 6.45) is 0.181. The van der Waals surface area contributed by atoms with Crippen molar-refractivity contribution in [2.75, 3.05) is 6.54 Å². The van der Waals surface area contributed by atoms with E-state index in [2.05, 4.69) is 5.16 Å². The zero-order chi connectivity index (χ0) is 21.8. The molecular formula is C25H22F2N2O2. The first kappa shape index (κ1) is 20.7. The highest BCUT2D eigenvalue weighted by atomic mass is 19.1. The molecule has 31 heavy (non-hydrogen) atoms. The fourth-order valence-electron chi connectivity index (χ4n) is 3.52. The number of oxime groups is 1. The smallest absolute Gasteiger partial charge is 0.257 e. The van der Waals surface area contributed by atoms with E-state index in [1.54, 1.807) is 18.2 Å². The van der Waals surface area contributed by atoms with Crippen LogP contribution in [0.3, 0.4) is 0 Å². The van der Waals surface area contributed by atoms with Crippen LogP contribution in [0.15, 0.2) is 78.0 Å². The zero-order valence-electron chi connectivity index (χ0n) is 17.1. The monoisotopic (exact) mass is 420 g/mol. The van der Waals surface area contributed by atoms with E-state index in [1.165, 1.54) is 35.2 Å². The van der Waals surface area contributed by atoms with Crippen LogP contribution in [0.4, 0.5) is 8.78 Å². The Balaban J connectivity index is 1.52. The summed E-state index contributed by atoms with van der Waals surface area (Å²) in [6, 6.07) is 19.8. The third-order valence-corrected chi connectivity index (χ3v) is 5.22. The molecular weight excluding hydrogens is 398 g/mol. The van der Waals surface area contributed by atoms with Crippen molar-refractivity contribution in [3.8, 4) is 0 Å². The maximum absolute atomic E-state index is 14.3. The van der Waals surface area contributed by atoms with E-state index in [0.717, 1.165) is 22.4 Å². The SMILES string of the molecule is Cc1ccc(C2=NOC(CN(Cc3ccc(F)cc3)C(=O)c3ccccc3F)C2)cc1. The van der Waals surface area contributed by atoms with Crippen LogP contribution in [0.25, 0.3) is 0 Å². The lowest BCUT2D eigenvalue weighted by Gasteiger charge is -2.25. The Morgan fingerprint density at radius 2 is 1.74 bits per heavy atom. The first-order valence-corrected chi connectivity index (χ1v) is 10.1. The number of amides is 1. The highest BCUT2D eigenvalue weighted by Gasteiger charge is 2.28. The number of aryl methyl sites for hydroxylation is 1. The van der Waals surface area contributed by atoms with Gasteiger partial charge in [-0.15, -0.1) is 0 Å². The molecule has 1 unspecified atom stereocenters. The molecule has 3 aromatic rings. The Kier molecular flexibility index (Phi) is 6.07. The highest BCUT2D eigenvalue weighted by Crippen LogP contribution is 2.21. The molecule has 158 valence electrons. The normalized spacial score (nSPS) is 15.3. The molecule has 1 aliphatic rings. The Bertz CT molecular complexity index is 1100. The molecule has 0 fully saturated rings. The molecule has 1 heterocycles. The van der Waals surface area contributed by atoms with E-state index in [4.69, 9.17) is 4.84 Å². The lowest BCUT2D eigenvalue weighted by Crippen LogP contribution is -2.37. The van der Waals surface area contributed by atoms with Crippen molar-refractivity contribution in [2.24, 2.45) is 5.16 Å². The molecule has 1 aliphatic heterocycles. The molecule has 6 heteroatoms. The molecule has 0 aliphatic carbocycles. The van der Waals surface area contributed by atoms with E-state index in [9.17, 15) is 13.6 Å². The molecule has 0 aromatic heterocycles. The third kappa shape index (κ3) is 4.97. The maximum Gasteiger partial charge on any atom is 0.257 e. The van der Waals surface area contributed by atoms with Crippen LogP contribution < -0.4 is 0 Å². The van der Waals surface area contributed by atoms with Gasteiger partial charge in [-0.25, -0.2) is 8.78 Å². The molecule has 0 N–H and O–H groups in total. The second-order valence-corrected chi connectivity index (χ2v) is 7.63. The lowest BCUT2D eigenvalue weighted by molar-refractivity contribution is 0.0402. The van der Waals surface area contributed by atoms with E-state index >= 15 is 0 Å². The molecule has 0 saturated heterocycles. The molecule has 4 nitrogen and oxygen atoms in total. The van der Waals surface area contributed by atoms with Gasteiger partial charge in [0.25, 0.3) is 5.91 Å². The second-order valence-electron chi connectivity index (χ2n) is 7.63. The van der Waals surface area contributed by atoms with Gasteiger partial charge in [0, 0.05) is 13.0 Å². The number of hydrogen-bond donors (Lipinski definition) is 0. The number of carbonyl (C=O) groups excluding carboxylic acids is 1. The third-order valence-electron chi connectivity index (χ3n) is 5.22. The summed E-state index contributed by atoms with van der Waals surface area (Å²) in [7, 11) is 0. The van der Waals surface area contributed by atoms with Crippen molar-refractivity contribution in [3.63, 3.8) is 0 Å². The predicted octanol–water partition coefficient (Wildman–Crippen LogP) is 5.11. The fraction of sp³-hybridized carbons (Fsp3) is 0.200. The molecule has 0 saturated carbocycles. The first-order valence-electron chi connectivity index (χ1n) is 10.1. The molecule has 3 aromatic carbocycles. The van der Waals surface area contributed by atoms with E-state index in [0.29, 0.717) is 6.42 Å². The van der Waals surface area contributed by atoms with Crippen LogP contribution >= 0.6 is 0 Å². The van der Waals surface area contributed by atoms with Gasteiger partial charge < -0.3 is 9.74 Å². The Labute approximate surface area is 179 Å². The standard InChI is InChI=1S/C25H22F2N2O2/c1-17-6-10-19(11-7-17)24-14-21(31-28-24)16-29(15-18-8-12-20(26)13-9-18)25(30)22-4-2-3-5-23(22)27/h2-13,21H,14-16H2,1H3. The number of halogens is 2. The van der Waals surface area contributed by atoms with Crippen LogP contribution in [0.2, 0.25) is 0 Å². The summed E-state index contributed by atoms with van der Waals surface area (Å²) < 4.78 is 27.6. The minimum Gasteiger partial charge on any atom is -0.390 e. The van der Waals surface area contributed by atoms with Crippen molar-refractivity contribution in [1.29, 1.82) is 0 Å². The van der Waals surface area contributed by atoms with Crippen LogP contribution in [0, 0.1) is 18.6 Å². The molecule has 1 amide bonds. The summed E-state index contributed by atoms with van der Waals surface area (Å²) in [6.45, 7) is 2.44. The fourth-order valence-corrected chi connectivity index (χ4v) is 3.52. The van der Waals surface area contributed by atoms with Crippen molar-refractivity contribution in [2.45, 2.75) is 26.0 Å². The average Bonchev–Trinajstić information content (AvgIpc) is 3.24. The van der Waals surface area contributed by atoms with E-state index in [1.807, 2.05) is 31.2 Å². The number of nitrogens with zero attached hydrogens (tertiary/aromatic N) is 2. The largest absolute Gasteiger partial charge is 0.390 e. The van der Waals surface area contributed by atoms with Gasteiger partial charge in [-0.05, 0) is 42.3 Å². The van der Waals surface area contributed by atoms with Gasteiger partial charge in [-0.2, -0.15) is 0 Å². The summed E-state index contributed by atoms with van der Waals surface area (Å²) >= 11 is 0. The summed E-state index contributed by atoms with van der Waals surface area (Å²) in [5, 5.41) is 4.19. The van der Waals surface area contributed by atoms with Crippen molar-refractivity contribution < 1.29 is 18.4 Å². The van der Waals surface area contributed by atoms with Crippen molar-refractivity contribution in [1.82, 2.24) is 4.90 Å². The van der Waals surface area contributed by atoms with Gasteiger partial charge in [0.1, 0.15) is 11.6 Å². The van der Waals surface area contributed by atoms with Gasteiger partial charge >= 0.3 is 0 Å². The minimum atomic E-state index is -0.583. The van der Waals surface area contributed by atoms with Crippen molar-refractivity contribution in [3.05, 3.63) is 107 Å². The Hall–Kier alpha value is -3.54. The number of hydrogen-bond acceptors (Lipinski definition) is 3. The molecule has 0 bridgehead atoms. The molecule has 0 radical (unpaired) electrons. The van der Waals surface area contributed by atoms with Gasteiger partial charge in [0.2, 0.25) is 0 Å². The summed E-state index contributed by atoms with van der Waals surface area (Å²) in [5.41, 5.74) is 3.66. The quantitative estimate of drug-likeness (QED) is 0.556. The van der Waals surface area contributed by atoms with Crippen LogP contribution in [0.1, 0.15) is 33.5 Å². The van der Waals surface area contributed by atoms with Gasteiger partial charge in [0.15, 0.2) is 6.10 Å². The highest BCUT2D eigenvalue weighted by molar-refractivity contribution is 6.01. The topological polar surface area (TPSA) is 41.9 Å². The lowest BCUT2D eigenvalue weighted by atomic mass is 10.0. The van der Waals surface area contributed by atoms with Gasteiger partial charge in [0.05, 0.1) is 17.8 Å². The van der Waals surface area contributed by atoms with Crippen LogP contribution in [-0.4, -0.2) is 29.2 Å². The molecule has 0 spiro atoms. The minimum absolute atomic E-state index is 0.0118. The molecule has 1 atom stereocenters. The predicted molar refractivity (Wildman–Crippen MR) is 115 cm³/mol. The first-order chi connectivity index (χ1) is 15.0. The molecule has 4 rings (SSSR count).